The van der Waals surface area contributed by atoms with E-state index in [0.717, 1.165) is 6.07 Å². The number of hydrogen-bond acceptors (Lipinski definition) is 4. The predicted octanol–water partition coefficient (Wildman–Crippen LogP) is 6.12. The Bertz CT molecular complexity index is 1050. The standard InChI is InChI=1S/C27H35ClF2N2O4/c1-16(2)13-32(14-17(3)4)27-23(30)8-19(20(15-36-5)11-26(34)35)9-24(27)31-25(33)10-18-6-7-21(28)12-22(18)29/h6-9,12,16-17,20H,10-11,13-15H2,1-5H3,(H,31,33)(H,34,35). The zero-order valence-electron chi connectivity index (χ0n) is 21.4. The van der Waals surface area contributed by atoms with Crippen LogP contribution in [0.4, 0.5) is 20.2 Å². The number of benzene rings is 2. The molecule has 0 radical (unpaired) electrons. The van der Waals surface area contributed by atoms with Crippen molar-refractivity contribution in [3.05, 3.63) is 58.1 Å². The van der Waals surface area contributed by atoms with Crippen molar-refractivity contribution in [1.29, 1.82) is 0 Å². The summed E-state index contributed by atoms with van der Waals surface area (Å²) in [5.41, 5.74) is 0.969. The minimum absolute atomic E-state index is 0.0656. The second kappa shape index (κ2) is 13.6. The van der Waals surface area contributed by atoms with Crippen molar-refractivity contribution in [3.63, 3.8) is 0 Å². The Kier molecular flexibility index (Phi) is 11.1. The fourth-order valence-corrected chi connectivity index (χ4v) is 4.29. The van der Waals surface area contributed by atoms with E-state index in [1.54, 1.807) is 6.07 Å². The Morgan fingerprint density at radius 1 is 1.06 bits per heavy atom. The predicted molar refractivity (Wildman–Crippen MR) is 139 cm³/mol. The van der Waals surface area contributed by atoms with Crippen LogP contribution >= 0.6 is 11.6 Å². The molecule has 0 aliphatic carbocycles. The Morgan fingerprint density at radius 3 is 2.22 bits per heavy atom. The topological polar surface area (TPSA) is 78.9 Å². The van der Waals surface area contributed by atoms with Crippen LogP contribution in [0.15, 0.2) is 30.3 Å². The lowest BCUT2D eigenvalue weighted by Crippen LogP contribution is -2.33. The first kappa shape index (κ1) is 29.5. The molecule has 0 aliphatic rings. The van der Waals surface area contributed by atoms with Gasteiger partial charge in [0.2, 0.25) is 5.91 Å². The van der Waals surface area contributed by atoms with Crippen LogP contribution < -0.4 is 10.2 Å². The van der Waals surface area contributed by atoms with Crippen LogP contribution in [0.3, 0.4) is 0 Å². The lowest BCUT2D eigenvalue weighted by molar-refractivity contribution is -0.137. The van der Waals surface area contributed by atoms with Crippen molar-refractivity contribution in [2.75, 3.05) is 37.0 Å². The molecule has 9 heteroatoms. The van der Waals surface area contributed by atoms with E-state index in [0.29, 0.717) is 18.7 Å². The maximum absolute atomic E-state index is 15.7. The molecule has 0 fully saturated rings. The highest BCUT2D eigenvalue weighted by atomic mass is 35.5. The number of nitrogens with zero attached hydrogens (tertiary/aromatic N) is 1. The van der Waals surface area contributed by atoms with Crippen LogP contribution in [0.2, 0.25) is 5.02 Å². The zero-order chi connectivity index (χ0) is 27.0. The van der Waals surface area contributed by atoms with E-state index in [4.69, 9.17) is 16.3 Å². The molecule has 2 aromatic rings. The summed E-state index contributed by atoms with van der Waals surface area (Å²) in [6.07, 6.45) is -0.545. The Hall–Kier alpha value is -2.71. The van der Waals surface area contributed by atoms with E-state index >= 15 is 4.39 Å². The van der Waals surface area contributed by atoms with E-state index in [1.807, 2.05) is 32.6 Å². The largest absolute Gasteiger partial charge is 0.481 e. The summed E-state index contributed by atoms with van der Waals surface area (Å²) in [4.78, 5) is 26.3. The molecule has 2 N–H and O–H groups in total. The molecule has 0 saturated heterocycles. The molecule has 0 spiro atoms. The first-order valence-electron chi connectivity index (χ1n) is 11.9. The number of halogens is 3. The van der Waals surface area contributed by atoms with E-state index in [9.17, 15) is 19.1 Å². The average molecular weight is 525 g/mol. The molecule has 198 valence electrons. The molecule has 1 unspecified atom stereocenters. The number of carbonyl (C=O) groups is 2. The quantitative estimate of drug-likeness (QED) is 0.330. The molecule has 2 aromatic carbocycles. The van der Waals surface area contributed by atoms with Crippen molar-refractivity contribution in [3.8, 4) is 0 Å². The number of ether oxygens (including phenoxy) is 1. The second-order valence-electron chi connectivity index (χ2n) is 9.80. The molecule has 0 aliphatic heterocycles. The summed E-state index contributed by atoms with van der Waals surface area (Å²) in [5, 5.41) is 12.3. The lowest BCUT2D eigenvalue weighted by atomic mass is 9.94. The SMILES string of the molecule is COCC(CC(=O)O)c1cc(F)c(N(CC(C)C)CC(C)C)c(NC(=O)Cc2ccc(Cl)cc2F)c1. The number of nitrogens with one attached hydrogen (secondary N) is 1. The number of amides is 1. The van der Waals surface area contributed by atoms with Crippen LogP contribution in [0.25, 0.3) is 0 Å². The first-order chi connectivity index (χ1) is 16.9. The molecule has 0 heterocycles. The Balaban J connectivity index is 2.55. The number of rotatable bonds is 13. The second-order valence-corrected chi connectivity index (χ2v) is 10.2. The van der Waals surface area contributed by atoms with Gasteiger partial charge in [0, 0.05) is 31.1 Å². The first-order valence-corrected chi connectivity index (χ1v) is 12.3. The summed E-state index contributed by atoms with van der Waals surface area (Å²) in [6.45, 7) is 9.21. The minimum atomic E-state index is -1.05. The highest BCUT2D eigenvalue weighted by Gasteiger charge is 2.25. The number of carboxylic acid groups (broad SMARTS) is 1. The fraction of sp³-hybridized carbons (Fsp3) is 0.481. The number of anilines is 2. The minimum Gasteiger partial charge on any atom is -0.481 e. The molecule has 2 rings (SSSR count). The lowest BCUT2D eigenvalue weighted by Gasteiger charge is -2.31. The number of carboxylic acids is 1. The van der Waals surface area contributed by atoms with Crippen molar-refractivity contribution in [2.24, 2.45) is 11.8 Å². The van der Waals surface area contributed by atoms with E-state index in [2.05, 4.69) is 5.32 Å². The number of aliphatic carboxylic acids is 1. The van der Waals surface area contributed by atoms with Gasteiger partial charge in [-0.15, -0.1) is 0 Å². The average Bonchev–Trinajstić information content (AvgIpc) is 2.73. The molecule has 36 heavy (non-hydrogen) atoms. The van der Waals surface area contributed by atoms with Gasteiger partial charge < -0.3 is 20.1 Å². The maximum atomic E-state index is 15.7. The summed E-state index contributed by atoms with van der Waals surface area (Å²) in [6, 6.07) is 6.96. The third kappa shape index (κ3) is 8.75. The molecular weight excluding hydrogens is 490 g/mol. The van der Waals surface area contributed by atoms with Crippen LogP contribution in [0.1, 0.15) is 51.2 Å². The van der Waals surface area contributed by atoms with Crippen molar-refractivity contribution in [2.45, 2.75) is 46.5 Å². The summed E-state index contributed by atoms with van der Waals surface area (Å²) in [7, 11) is 1.44. The van der Waals surface area contributed by atoms with Crippen LogP contribution in [-0.4, -0.2) is 43.8 Å². The molecule has 0 aromatic heterocycles. The molecule has 0 saturated carbocycles. The summed E-state index contributed by atoms with van der Waals surface area (Å²) >= 11 is 5.81. The van der Waals surface area contributed by atoms with E-state index < -0.39 is 29.4 Å². The third-order valence-corrected chi connectivity index (χ3v) is 5.71. The number of carbonyl (C=O) groups excluding carboxylic acids is 1. The molecular formula is C27H35ClF2N2O4. The smallest absolute Gasteiger partial charge is 0.304 e. The van der Waals surface area contributed by atoms with Crippen LogP contribution in [0.5, 0.6) is 0 Å². The summed E-state index contributed by atoms with van der Waals surface area (Å²) in [5.74, 6) is -2.97. The molecule has 1 amide bonds. The van der Waals surface area contributed by atoms with Gasteiger partial charge in [0.25, 0.3) is 0 Å². The molecule has 1 atom stereocenters. The van der Waals surface area contributed by atoms with Crippen molar-refractivity contribution < 1.29 is 28.2 Å². The Morgan fingerprint density at radius 2 is 1.69 bits per heavy atom. The molecule has 6 nitrogen and oxygen atoms in total. The van der Waals surface area contributed by atoms with Gasteiger partial charge in [-0.2, -0.15) is 0 Å². The highest BCUT2D eigenvalue weighted by molar-refractivity contribution is 6.30. The highest BCUT2D eigenvalue weighted by Crippen LogP contribution is 2.35. The van der Waals surface area contributed by atoms with Gasteiger partial charge in [-0.3, -0.25) is 9.59 Å². The number of methoxy groups -OCH3 is 1. The van der Waals surface area contributed by atoms with Gasteiger partial charge in [-0.05, 0) is 47.2 Å². The fourth-order valence-electron chi connectivity index (χ4n) is 4.13. The zero-order valence-corrected chi connectivity index (χ0v) is 22.2. The van der Waals surface area contributed by atoms with Crippen molar-refractivity contribution in [1.82, 2.24) is 0 Å². The van der Waals surface area contributed by atoms with Gasteiger partial charge in [0.1, 0.15) is 11.6 Å². The van der Waals surface area contributed by atoms with E-state index in [-0.39, 0.29) is 53.2 Å². The van der Waals surface area contributed by atoms with E-state index in [1.165, 1.54) is 25.3 Å². The monoisotopic (exact) mass is 524 g/mol. The van der Waals surface area contributed by atoms with Crippen LogP contribution in [0, 0.1) is 23.5 Å². The van der Waals surface area contributed by atoms with Crippen LogP contribution in [-0.2, 0) is 20.7 Å². The summed E-state index contributed by atoms with van der Waals surface area (Å²) < 4.78 is 35.2. The third-order valence-electron chi connectivity index (χ3n) is 5.47. The number of hydrogen-bond donors (Lipinski definition) is 2. The van der Waals surface area contributed by atoms with Gasteiger partial charge >= 0.3 is 5.97 Å². The maximum Gasteiger partial charge on any atom is 0.304 e. The van der Waals surface area contributed by atoms with Gasteiger partial charge in [-0.25, -0.2) is 8.78 Å². The normalized spacial score (nSPS) is 12.2. The Labute approximate surface area is 216 Å². The van der Waals surface area contributed by atoms with Gasteiger partial charge in [0.05, 0.1) is 30.8 Å². The van der Waals surface area contributed by atoms with Crippen molar-refractivity contribution >= 4 is 34.9 Å². The van der Waals surface area contributed by atoms with Gasteiger partial charge in [-0.1, -0.05) is 45.4 Å². The van der Waals surface area contributed by atoms with Gasteiger partial charge in [0.15, 0.2) is 0 Å². The molecule has 0 bridgehead atoms.